The van der Waals surface area contributed by atoms with E-state index < -0.39 is 5.97 Å². The summed E-state index contributed by atoms with van der Waals surface area (Å²) in [4.78, 5) is 10.8. The third-order valence-electron chi connectivity index (χ3n) is 3.30. The lowest BCUT2D eigenvalue weighted by Gasteiger charge is -2.08. The number of nitrogens with one attached hydrogen (secondary N) is 1. The van der Waals surface area contributed by atoms with Crippen molar-refractivity contribution in [3.63, 3.8) is 0 Å². The lowest BCUT2D eigenvalue weighted by molar-refractivity contribution is 0.0696. The Morgan fingerprint density at radius 3 is 2.67 bits per heavy atom. The Morgan fingerprint density at radius 2 is 1.90 bits per heavy atom. The number of benzene rings is 1. The summed E-state index contributed by atoms with van der Waals surface area (Å²) in [6, 6.07) is 6.61. The largest absolute Gasteiger partial charge is 0.494 e. The minimum Gasteiger partial charge on any atom is -0.494 e. The molecule has 0 aromatic heterocycles. The van der Waals surface area contributed by atoms with Crippen molar-refractivity contribution in [2.45, 2.75) is 45.4 Å². The number of unbranched alkanes of at least 4 members (excludes halogenated alkanes) is 4. The predicted molar refractivity (Wildman–Crippen MR) is 85.1 cm³/mol. The van der Waals surface area contributed by atoms with E-state index in [1.807, 2.05) is 0 Å². The third-order valence-corrected chi connectivity index (χ3v) is 3.30. The summed E-state index contributed by atoms with van der Waals surface area (Å²) in [5.74, 6) is -0.306. The molecular weight excluding hydrogens is 266 g/mol. The molecule has 0 spiro atoms. The highest BCUT2D eigenvalue weighted by molar-refractivity contribution is 5.87. The highest BCUT2D eigenvalue weighted by Gasteiger charge is 2.03. The molecule has 0 heterocycles. The van der Waals surface area contributed by atoms with Crippen molar-refractivity contribution in [2.24, 2.45) is 0 Å². The SMILES string of the molecule is CCCCCCCNCCCOc1cccc(C(=O)O)c1. The van der Waals surface area contributed by atoms with E-state index in [0.29, 0.717) is 12.4 Å². The van der Waals surface area contributed by atoms with Crippen LogP contribution in [0.25, 0.3) is 0 Å². The molecule has 0 aliphatic carbocycles. The lowest BCUT2D eigenvalue weighted by Crippen LogP contribution is -2.18. The summed E-state index contributed by atoms with van der Waals surface area (Å²) in [5.41, 5.74) is 0.262. The summed E-state index contributed by atoms with van der Waals surface area (Å²) < 4.78 is 5.55. The van der Waals surface area contributed by atoms with Crippen molar-refractivity contribution in [3.8, 4) is 5.75 Å². The third kappa shape index (κ3) is 8.35. The molecular formula is C17H27NO3. The predicted octanol–water partition coefficient (Wildman–Crippen LogP) is 3.71. The Morgan fingerprint density at radius 1 is 1.14 bits per heavy atom. The average Bonchev–Trinajstić information content (AvgIpc) is 2.49. The molecule has 0 amide bonds. The van der Waals surface area contributed by atoms with Crippen molar-refractivity contribution in [1.82, 2.24) is 5.32 Å². The van der Waals surface area contributed by atoms with Gasteiger partial charge in [0.1, 0.15) is 5.75 Å². The maximum absolute atomic E-state index is 10.8. The van der Waals surface area contributed by atoms with E-state index in [1.165, 1.54) is 32.1 Å². The average molecular weight is 293 g/mol. The van der Waals surface area contributed by atoms with E-state index in [1.54, 1.807) is 24.3 Å². The lowest BCUT2D eigenvalue weighted by atomic mass is 10.1. The van der Waals surface area contributed by atoms with Gasteiger partial charge in [0, 0.05) is 0 Å². The minimum absolute atomic E-state index is 0.262. The van der Waals surface area contributed by atoms with Crippen molar-refractivity contribution in [1.29, 1.82) is 0 Å². The first-order valence-electron chi connectivity index (χ1n) is 7.91. The van der Waals surface area contributed by atoms with E-state index >= 15 is 0 Å². The first-order valence-corrected chi connectivity index (χ1v) is 7.91. The van der Waals surface area contributed by atoms with Crippen LogP contribution in [0.5, 0.6) is 5.75 Å². The molecule has 21 heavy (non-hydrogen) atoms. The number of hydrogen-bond acceptors (Lipinski definition) is 3. The molecule has 0 saturated carbocycles. The van der Waals surface area contributed by atoms with Crippen LogP contribution in [-0.4, -0.2) is 30.8 Å². The molecule has 0 atom stereocenters. The first kappa shape index (κ1) is 17.5. The van der Waals surface area contributed by atoms with Crippen LogP contribution in [-0.2, 0) is 0 Å². The van der Waals surface area contributed by atoms with Crippen molar-refractivity contribution in [2.75, 3.05) is 19.7 Å². The topological polar surface area (TPSA) is 58.6 Å². The molecule has 0 aliphatic heterocycles. The van der Waals surface area contributed by atoms with Crippen molar-refractivity contribution < 1.29 is 14.6 Å². The first-order chi connectivity index (χ1) is 10.2. The van der Waals surface area contributed by atoms with Crippen LogP contribution in [0.2, 0.25) is 0 Å². The van der Waals surface area contributed by atoms with Crippen LogP contribution < -0.4 is 10.1 Å². The van der Waals surface area contributed by atoms with E-state index in [0.717, 1.165) is 19.5 Å². The fourth-order valence-electron chi connectivity index (χ4n) is 2.08. The second-order valence-electron chi connectivity index (χ2n) is 5.20. The maximum Gasteiger partial charge on any atom is 0.335 e. The van der Waals surface area contributed by atoms with E-state index in [4.69, 9.17) is 9.84 Å². The van der Waals surface area contributed by atoms with Crippen LogP contribution in [0.4, 0.5) is 0 Å². The monoisotopic (exact) mass is 293 g/mol. The maximum atomic E-state index is 10.8. The van der Waals surface area contributed by atoms with Gasteiger partial charge in [0.15, 0.2) is 0 Å². The molecule has 0 fully saturated rings. The normalized spacial score (nSPS) is 10.5. The van der Waals surface area contributed by atoms with Crippen LogP contribution in [0, 0.1) is 0 Å². The number of hydrogen-bond donors (Lipinski definition) is 2. The second-order valence-corrected chi connectivity index (χ2v) is 5.20. The zero-order chi connectivity index (χ0) is 15.3. The molecule has 1 aromatic carbocycles. The molecule has 2 N–H and O–H groups in total. The van der Waals surface area contributed by atoms with Gasteiger partial charge >= 0.3 is 5.97 Å². The Balaban J connectivity index is 2.01. The molecule has 0 saturated heterocycles. The number of carboxylic acids is 1. The van der Waals surface area contributed by atoms with Gasteiger partial charge in [-0.1, -0.05) is 38.7 Å². The highest BCUT2D eigenvalue weighted by atomic mass is 16.5. The number of rotatable bonds is 12. The van der Waals surface area contributed by atoms with Gasteiger partial charge < -0.3 is 15.2 Å². The molecule has 4 nitrogen and oxygen atoms in total. The van der Waals surface area contributed by atoms with Gasteiger partial charge in [0.25, 0.3) is 0 Å². The van der Waals surface area contributed by atoms with Gasteiger partial charge in [-0.25, -0.2) is 4.79 Å². The van der Waals surface area contributed by atoms with Crippen LogP contribution in [0.3, 0.4) is 0 Å². The highest BCUT2D eigenvalue weighted by Crippen LogP contribution is 2.13. The summed E-state index contributed by atoms with van der Waals surface area (Å²) in [7, 11) is 0. The van der Waals surface area contributed by atoms with E-state index in [-0.39, 0.29) is 5.56 Å². The number of carboxylic acid groups (broad SMARTS) is 1. The minimum atomic E-state index is -0.926. The van der Waals surface area contributed by atoms with E-state index in [9.17, 15) is 4.79 Å². The van der Waals surface area contributed by atoms with Gasteiger partial charge in [0.05, 0.1) is 12.2 Å². The quantitative estimate of drug-likeness (QED) is 0.577. The molecule has 1 aromatic rings. The molecule has 0 radical (unpaired) electrons. The fourth-order valence-corrected chi connectivity index (χ4v) is 2.08. The van der Waals surface area contributed by atoms with Gasteiger partial charge in [0.2, 0.25) is 0 Å². The zero-order valence-corrected chi connectivity index (χ0v) is 12.9. The Labute approximate surface area is 127 Å². The summed E-state index contributed by atoms with van der Waals surface area (Å²) in [5, 5.41) is 12.3. The second kappa shape index (κ2) is 11.1. The smallest absolute Gasteiger partial charge is 0.335 e. The van der Waals surface area contributed by atoms with Crippen LogP contribution >= 0.6 is 0 Å². The number of aromatic carboxylic acids is 1. The molecule has 0 aliphatic rings. The zero-order valence-electron chi connectivity index (χ0n) is 12.9. The van der Waals surface area contributed by atoms with Gasteiger partial charge in [-0.15, -0.1) is 0 Å². The Kier molecular flexibility index (Phi) is 9.29. The Bertz CT molecular complexity index is 407. The van der Waals surface area contributed by atoms with Crippen molar-refractivity contribution in [3.05, 3.63) is 29.8 Å². The molecule has 4 heteroatoms. The number of carbonyl (C=O) groups is 1. The number of ether oxygens (including phenoxy) is 1. The van der Waals surface area contributed by atoms with Gasteiger partial charge in [-0.3, -0.25) is 0 Å². The summed E-state index contributed by atoms with van der Waals surface area (Å²) in [6.07, 6.45) is 7.42. The van der Waals surface area contributed by atoms with Gasteiger partial charge in [-0.05, 0) is 44.1 Å². The molecule has 118 valence electrons. The van der Waals surface area contributed by atoms with Crippen LogP contribution in [0.1, 0.15) is 55.8 Å². The molecule has 0 bridgehead atoms. The molecule has 0 unspecified atom stereocenters. The van der Waals surface area contributed by atoms with Crippen molar-refractivity contribution >= 4 is 5.97 Å². The summed E-state index contributed by atoms with van der Waals surface area (Å²) >= 11 is 0. The fraction of sp³-hybridized carbons (Fsp3) is 0.588. The summed E-state index contributed by atoms with van der Waals surface area (Å²) in [6.45, 7) is 4.83. The van der Waals surface area contributed by atoms with E-state index in [2.05, 4.69) is 12.2 Å². The Hall–Kier alpha value is -1.55. The standard InChI is InChI=1S/C17H27NO3/c1-2-3-4-5-6-11-18-12-8-13-21-16-10-7-9-15(14-16)17(19)20/h7,9-10,14,18H,2-6,8,11-13H2,1H3,(H,19,20). The van der Waals surface area contributed by atoms with Gasteiger partial charge in [-0.2, -0.15) is 0 Å². The molecule has 1 rings (SSSR count). The van der Waals surface area contributed by atoms with Crippen LogP contribution in [0.15, 0.2) is 24.3 Å².